The van der Waals surface area contributed by atoms with Gasteiger partial charge in [-0.05, 0) is 98.2 Å². The number of hydrogen-bond acceptors (Lipinski definition) is 2. The lowest BCUT2D eigenvalue weighted by molar-refractivity contribution is 0.0912. The third-order valence-corrected chi connectivity index (χ3v) is 8.66. The van der Waals surface area contributed by atoms with E-state index in [1.165, 1.54) is 64.2 Å². The largest absolute Gasteiger partial charge is 0.349 e. The minimum Gasteiger partial charge on any atom is -0.349 e. The number of rotatable bonds is 10. The summed E-state index contributed by atoms with van der Waals surface area (Å²) in [7, 11) is 0. The Morgan fingerprint density at radius 1 is 0.639 bits per heavy atom. The smallest absolute Gasteiger partial charge is 0.251 e. The minimum absolute atomic E-state index is 0.0188. The second-order valence-electron chi connectivity index (χ2n) is 11.4. The Bertz CT molecular complexity index is 919. The third-order valence-electron chi connectivity index (χ3n) is 8.66. The first-order valence-corrected chi connectivity index (χ1v) is 14.7. The van der Waals surface area contributed by atoms with Crippen molar-refractivity contribution >= 4 is 22.6 Å². The highest BCUT2D eigenvalue weighted by atomic mass is 16.2. The summed E-state index contributed by atoms with van der Waals surface area (Å²) in [6.45, 7) is 4.51. The predicted molar refractivity (Wildman–Crippen MR) is 149 cm³/mol. The van der Waals surface area contributed by atoms with Crippen LogP contribution in [0.3, 0.4) is 0 Å². The van der Waals surface area contributed by atoms with Gasteiger partial charge in [-0.25, -0.2) is 0 Å². The molecule has 2 amide bonds. The molecule has 0 spiro atoms. The first-order valence-electron chi connectivity index (χ1n) is 14.7. The summed E-state index contributed by atoms with van der Waals surface area (Å²) in [5, 5.41) is 8.52. The third kappa shape index (κ3) is 7.33. The van der Waals surface area contributed by atoms with E-state index < -0.39 is 0 Å². The Morgan fingerprint density at radius 2 is 1.03 bits per heavy atom. The summed E-state index contributed by atoms with van der Waals surface area (Å²) in [4.78, 5) is 25.8. The van der Waals surface area contributed by atoms with E-state index in [-0.39, 0.29) is 11.8 Å². The van der Waals surface area contributed by atoms with Gasteiger partial charge in [0.2, 0.25) is 0 Å². The number of benzene rings is 2. The highest BCUT2D eigenvalue weighted by Gasteiger charge is 2.24. The summed E-state index contributed by atoms with van der Waals surface area (Å²) in [6, 6.07) is 12.2. The average molecular weight is 491 g/mol. The topological polar surface area (TPSA) is 58.2 Å². The highest BCUT2D eigenvalue weighted by molar-refractivity contribution is 6.02. The van der Waals surface area contributed by atoms with Crippen LogP contribution in [0.15, 0.2) is 36.4 Å². The number of carbonyl (C=O) groups is 2. The molecule has 2 aromatic rings. The zero-order valence-electron chi connectivity index (χ0n) is 22.5. The van der Waals surface area contributed by atoms with E-state index in [2.05, 4.69) is 24.5 Å². The van der Waals surface area contributed by atoms with E-state index in [0.29, 0.717) is 23.2 Å². The van der Waals surface area contributed by atoms with Crippen molar-refractivity contribution in [1.82, 2.24) is 10.6 Å². The molecule has 4 nitrogen and oxygen atoms in total. The second-order valence-corrected chi connectivity index (χ2v) is 11.4. The van der Waals surface area contributed by atoms with Crippen LogP contribution in [0, 0.1) is 11.8 Å². The predicted octanol–water partition coefficient (Wildman–Crippen LogP) is 7.80. The molecule has 2 fully saturated rings. The van der Waals surface area contributed by atoms with Gasteiger partial charge in [0, 0.05) is 23.2 Å². The van der Waals surface area contributed by atoms with Gasteiger partial charge in [0.25, 0.3) is 11.8 Å². The summed E-state index contributed by atoms with van der Waals surface area (Å²) >= 11 is 0. The molecule has 0 unspecified atom stereocenters. The maximum Gasteiger partial charge on any atom is 0.251 e. The first kappa shape index (κ1) is 26.7. The molecule has 0 heterocycles. The summed E-state index contributed by atoms with van der Waals surface area (Å²) in [6.07, 6.45) is 17.1. The molecule has 2 saturated carbocycles. The molecule has 2 aliphatic carbocycles. The molecular weight excluding hydrogens is 444 g/mol. The first-order chi connectivity index (χ1) is 17.6. The summed E-state index contributed by atoms with van der Waals surface area (Å²) in [5.41, 5.74) is 1.40. The molecule has 0 aromatic heterocycles. The number of nitrogens with one attached hydrogen (secondary N) is 2. The summed E-state index contributed by atoms with van der Waals surface area (Å²) in [5.74, 6) is 1.72. The molecule has 2 aliphatic rings. The Balaban J connectivity index is 1.29. The van der Waals surface area contributed by atoms with Crippen molar-refractivity contribution in [2.75, 3.05) is 0 Å². The molecule has 36 heavy (non-hydrogen) atoms. The van der Waals surface area contributed by atoms with Crippen molar-refractivity contribution in [3.8, 4) is 0 Å². The van der Waals surface area contributed by atoms with E-state index in [9.17, 15) is 9.59 Å². The molecule has 4 heteroatoms. The van der Waals surface area contributed by atoms with Crippen LogP contribution in [0.1, 0.15) is 124 Å². The molecule has 0 radical (unpaired) electrons. The normalized spacial score (nSPS) is 24.4. The quantitative estimate of drug-likeness (QED) is 0.357. The van der Waals surface area contributed by atoms with Gasteiger partial charge < -0.3 is 10.6 Å². The van der Waals surface area contributed by atoms with Crippen molar-refractivity contribution in [2.24, 2.45) is 11.8 Å². The van der Waals surface area contributed by atoms with E-state index >= 15 is 0 Å². The van der Waals surface area contributed by atoms with E-state index in [0.717, 1.165) is 48.3 Å². The van der Waals surface area contributed by atoms with Gasteiger partial charge in [-0.15, -0.1) is 0 Å². The van der Waals surface area contributed by atoms with Crippen LogP contribution in [0.5, 0.6) is 0 Å². The maximum atomic E-state index is 12.9. The van der Waals surface area contributed by atoms with Crippen molar-refractivity contribution < 1.29 is 9.59 Å². The standard InChI is InChI=1S/C32H46N2O2/c1-3-5-7-23-9-17-29(18-10-23)33-31(35)27-15-13-26-22-28(16-14-25(26)21-27)32(36)34-30-19-11-24(12-20-30)8-6-4-2/h13-16,21-24,29-30H,3-12,17-20H2,1-2H3,(H,33,35)(H,34,36). The fourth-order valence-corrected chi connectivity index (χ4v) is 6.24. The molecular formula is C32H46N2O2. The summed E-state index contributed by atoms with van der Waals surface area (Å²) < 4.78 is 0. The van der Waals surface area contributed by atoms with Gasteiger partial charge in [-0.2, -0.15) is 0 Å². The number of amides is 2. The highest BCUT2D eigenvalue weighted by Crippen LogP contribution is 2.30. The van der Waals surface area contributed by atoms with E-state index in [1.807, 2.05) is 36.4 Å². The Hall–Kier alpha value is -2.36. The van der Waals surface area contributed by atoms with E-state index in [4.69, 9.17) is 0 Å². The monoisotopic (exact) mass is 490 g/mol. The van der Waals surface area contributed by atoms with Gasteiger partial charge >= 0.3 is 0 Å². The lowest BCUT2D eigenvalue weighted by Crippen LogP contribution is -2.37. The zero-order chi connectivity index (χ0) is 25.3. The van der Waals surface area contributed by atoms with Crippen molar-refractivity contribution in [3.05, 3.63) is 47.5 Å². The minimum atomic E-state index is 0.0188. The molecule has 4 rings (SSSR count). The second kappa shape index (κ2) is 13.3. The van der Waals surface area contributed by atoms with Crippen LogP contribution in [0.2, 0.25) is 0 Å². The Labute approximate surface area is 218 Å². The lowest BCUT2D eigenvalue weighted by atomic mass is 9.83. The number of fused-ring (bicyclic) bond motifs is 1. The van der Waals surface area contributed by atoms with Crippen LogP contribution < -0.4 is 10.6 Å². The maximum absolute atomic E-state index is 12.9. The molecule has 2 N–H and O–H groups in total. The van der Waals surface area contributed by atoms with Gasteiger partial charge in [-0.3, -0.25) is 9.59 Å². The molecule has 0 atom stereocenters. The number of unbranched alkanes of at least 4 members (excludes halogenated alkanes) is 2. The van der Waals surface area contributed by atoms with Crippen LogP contribution in [-0.2, 0) is 0 Å². The zero-order valence-corrected chi connectivity index (χ0v) is 22.5. The van der Waals surface area contributed by atoms with Crippen molar-refractivity contribution in [2.45, 2.75) is 116 Å². The molecule has 196 valence electrons. The Kier molecular flexibility index (Phi) is 9.83. The Morgan fingerprint density at radius 3 is 1.39 bits per heavy atom. The van der Waals surface area contributed by atoms with Crippen LogP contribution >= 0.6 is 0 Å². The lowest BCUT2D eigenvalue weighted by Gasteiger charge is -2.29. The van der Waals surface area contributed by atoms with Gasteiger partial charge in [-0.1, -0.05) is 64.5 Å². The fraction of sp³-hybridized carbons (Fsp3) is 0.625. The van der Waals surface area contributed by atoms with Crippen molar-refractivity contribution in [3.63, 3.8) is 0 Å². The fourth-order valence-electron chi connectivity index (χ4n) is 6.24. The van der Waals surface area contributed by atoms with Crippen LogP contribution in [-0.4, -0.2) is 23.9 Å². The number of carbonyl (C=O) groups excluding carboxylic acids is 2. The van der Waals surface area contributed by atoms with Crippen LogP contribution in [0.4, 0.5) is 0 Å². The molecule has 0 bridgehead atoms. The van der Waals surface area contributed by atoms with Crippen molar-refractivity contribution in [1.29, 1.82) is 0 Å². The average Bonchev–Trinajstić information content (AvgIpc) is 2.91. The number of hydrogen-bond donors (Lipinski definition) is 2. The molecule has 2 aromatic carbocycles. The molecule has 0 aliphatic heterocycles. The van der Waals surface area contributed by atoms with Gasteiger partial charge in [0.1, 0.15) is 0 Å². The van der Waals surface area contributed by atoms with Crippen LogP contribution in [0.25, 0.3) is 10.8 Å². The van der Waals surface area contributed by atoms with Gasteiger partial charge in [0.15, 0.2) is 0 Å². The van der Waals surface area contributed by atoms with Gasteiger partial charge in [0.05, 0.1) is 0 Å². The molecule has 0 saturated heterocycles. The van der Waals surface area contributed by atoms with E-state index in [1.54, 1.807) is 0 Å². The SMILES string of the molecule is CCCCC1CCC(NC(=O)c2ccc3cc(C(=O)NC4CCC(CCCC)CC4)ccc3c2)CC1.